The fourth-order valence-electron chi connectivity index (χ4n) is 3.92. The number of nitriles is 1. The highest BCUT2D eigenvalue weighted by Gasteiger charge is 2.62. The van der Waals surface area contributed by atoms with Gasteiger partial charge in [-0.25, -0.2) is 4.79 Å². The number of benzene rings is 1. The molecular formula is C21H22FNO4. The number of fused-ring (bicyclic) bond motifs is 1. The van der Waals surface area contributed by atoms with Gasteiger partial charge in [0.1, 0.15) is 6.10 Å². The fraction of sp³-hybridized carbons (Fsp3) is 0.476. The van der Waals surface area contributed by atoms with Crippen LogP contribution in [-0.4, -0.2) is 18.5 Å². The minimum absolute atomic E-state index is 0.0887. The molecule has 0 aliphatic heterocycles. The van der Waals surface area contributed by atoms with E-state index in [4.69, 9.17) is 4.74 Å². The summed E-state index contributed by atoms with van der Waals surface area (Å²) in [5.74, 6) is -3.32. The normalized spacial score (nSPS) is 25.3. The number of carbonyl (C=O) groups excluding carboxylic acids is 2. The molecule has 3 atom stereocenters. The first-order valence-corrected chi connectivity index (χ1v) is 9.08. The molecule has 1 aromatic carbocycles. The predicted molar refractivity (Wildman–Crippen MR) is 94.9 cm³/mol. The first kappa shape index (κ1) is 19.1. The first-order valence-electron chi connectivity index (χ1n) is 9.08. The lowest BCUT2D eigenvalue weighted by Crippen LogP contribution is -2.14. The highest BCUT2D eigenvalue weighted by molar-refractivity contribution is 5.87. The van der Waals surface area contributed by atoms with Gasteiger partial charge >= 0.3 is 11.9 Å². The number of esters is 2. The average Bonchev–Trinajstić information content (AvgIpc) is 2.97. The zero-order valence-electron chi connectivity index (χ0n) is 15.6. The summed E-state index contributed by atoms with van der Waals surface area (Å²) in [6.45, 7) is 5.37. The third-order valence-corrected chi connectivity index (χ3v) is 5.56. The lowest BCUT2D eigenvalue weighted by molar-refractivity contribution is -0.152. The third-order valence-electron chi connectivity index (χ3n) is 5.56. The SMILES string of the molecule is CCOC(=O)/C(F)=C\[C@H]1[C@@H](C(=O)OC2CCc3c(C#N)cccc32)C1(C)C. The molecule has 2 aliphatic carbocycles. The number of hydrogen-bond acceptors (Lipinski definition) is 5. The van der Waals surface area contributed by atoms with Crippen LogP contribution in [0.1, 0.15) is 50.0 Å². The van der Waals surface area contributed by atoms with E-state index >= 15 is 0 Å². The highest BCUT2D eigenvalue weighted by Crippen LogP contribution is 2.60. The zero-order valence-corrected chi connectivity index (χ0v) is 15.6. The molecule has 0 radical (unpaired) electrons. The van der Waals surface area contributed by atoms with E-state index in [-0.39, 0.29) is 6.61 Å². The Morgan fingerprint density at radius 1 is 1.41 bits per heavy atom. The maximum atomic E-state index is 13.9. The van der Waals surface area contributed by atoms with Crippen molar-refractivity contribution in [2.45, 2.75) is 39.7 Å². The number of rotatable bonds is 5. The second-order valence-corrected chi connectivity index (χ2v) is 7.51. The molecular weight excluding hydrogens is 349 g/mol. The molecule has 2 aliphatic rings. The number of allylic oxidation sites excluding steroid dienone is 1. The van der Waals surface area contributed by atoms with Crippen molar-refractivity contribution in [2.75, 3.05) is 6.61 Å². The highest BCUT2D eigenvalue weighted by atomic mass is 19.1. The minimum atomic E-state index is -1.01. The second kappa shape index (κ2) is 7.15. The van der Waals surface area contributed by atoms with Gasteiger partial charge in [0, 0.05) is 0 Å². The minimum Gasteiger partial charge on any atom is -0.461 e. The Morgan fingerprint density at radius 2 is 2.15 bits per heavy atom. The van der Waals surface area contributed by atoms with Crippen molar-refractivity contribution in [2.24, 2.45) is 17.3 Å². The van der Waals surface area contributed by atoms with Crippen LogP contribution in [0.25, 0.3) is 0 Å². The zero-order chi connectivity index (χ0) is 19.8. The Balaban J connectivity index is 1.71. The monoisotopic (exact) mass is 371 g/mol. The van der Waals surface area contributed by atoms with Crippen LogP contribution in [0, 0.1) is 28.6 Å². The first-order chi connectivity index (χ1) is 12.8. The standard InChI is InChI=1S/C21H22FNO4/c1-4-26-19(24)16(22)10-15-18(21(15,2)3)20(25)27-17-9-8-13-12(11-23)6-5-7-14(13)17/h5-7,10,15,17-18H,4,8-9H2,1-3H3/b16-10+/t15-,17?,18-/m0/s1. The van der Waals surface area contributed by atoms with Gasteiger partial charge < -0.3 is 9.47 Å². The van der Waals surface area contributed by atoms with E-state index in [1.165, 1.54) is 6.08 Å². The molecule has 6 heteroatoms. The summed E-state index contributed by atoms with van der Waals surface area (Å²) in [5, 5.41) is 9.20. The van der Waals surface area contributed by atoms with Crippen LogP contribution in [0.4, 0.5) is 4.39 Å². The Hall–Kier alpha value is -2.68. The van der Waals surface area contributed by atoms with E-state index < -0.39 is 41.1 Å². The molecule has 0 spiro atoms. The number of hydrogen-bond donors (Lipinski definition) is 0. The van der Waals surface area contributed by atoms with Crippen LogP contribution in [0.15, 0.2) is 30.1 Å². The van der Waals surface area contributed by atoms with Crippen molar-refractivity contribution in [1.29, 1.82) is 5.26 Å². The Kier molecular flexibility index (Phi) is 5.05. The smallest absolute Gasteiger partial charge is 0.366 e. The van der Waals surface area contributed by atoms with E-state index in [0.29, 0.717) is 18.4 Å². The molecule has 5 nitrogen and oxygen atoms in total. The van der Waals surface area contributed by atoms with Crippen molar-refractivity contribution in [1.82, 2.24) is 0 Å². The average molecular weight is 371 g/mol. The summed E-state index contributed by atoms with van der Waals surface area (Å²) in [6, 6.07) is 7.58. The van der Waals surface area contributed by atoms with Gasteiger partial charge in [-0.15, -0.1) is 0 Å². The maximum absolute atomic E-state index is 13.9. The lowest BCUT2D eigenvalue weighted by Gasteiger charge is -2.14. The van der Waals surface area contributed by atoms with Crippen LogP contribution >= 0.6 is 0 Å². The molecule has 27 heavy (non-hydrogen) atoms. The molecule has 0 N–H and O–H groups in total. The number of ether oxygens (including phenoxy) is 2. The summed E-state index contributed by atoms with van der Waals surface area (Å²) < 4.78 is 24.3. The maximum Gasteiger partial charge on any atom is 0.366 e. The van der Waals surface area contributed by atoms with E-state index in [1.54, 1.807) is 19.1 Å². The van der Waals surface area contributed by atoms with Gasteiger partial charge in [-0.05, 0) is 54.4 Å². The number of nitrogens with zero attached hydrogens (tertiary/aromatic N) is 1. The van der Waals surface area contributed by atoms with E-state index in [1.807, 2.05) is 19.9 Å². The van der Waals surface area contributed by atoms with Crippen LogP contribution < -0.4 is 0 Å². The number of carbonyl (C=O) groups is 2. The van der Waals surface area contributed by atoms with Crippen molar-refractivity contribution >= 4 is 11.9 Å². The Bertz CT molecular complexity index is 852. The molecule has 3 rings (SSSR count). The van der Waals surface area contributed by atoms with E-state index in [0.717, 1.165) is 11.1 Å². The Labute approximate surface area is 157 Å². The van der Waals surface area contributed by atoms with E-state index in [9.17, 15) is 19.2 Å². The molecule has 1 fully saturated rings. The summed E-state index contributed by atoms with van der Waals surface area (Å²) in [6.07, 6.45) is 2.09. The molecule has 1 unspecified atom stereocenters. The predicted octanol–water partition coefficient (Wildman–Crippen LogP) is 3.78. The van der Waals surface area contributed by atoms with Crippen molar-refractivity contribution in [3.8, 4) is 6.07 Å². The summed E-state index contributed by atoms with van der Waals surface area (Å²) in [7, 11) is 0. The number of halogens is 1. The van der Waals surface area contributed by atoms with Crippen molar-refractivity contribution in [3.63, 3.8) is 0 Å². The van der Waals surface area contributed by atoms with E-state index in [2.05, 4.69) is 10.8 Å². The van der Waals surface area contributed by atoms with Crippen LogP contribution in [-0.2, 0) is 25.5 Å². The van der Waals surface area contributed by atoms with Crippen LogP contribution in [0.3, 0.4) is 0 Å². The van der Waals surface area contributed by atoms with Gasteiger partial charge in [0.25, 0.3) is 0 Å². The summed E-state index contributed by atoms with van der Waals surface area (Å²) in [5.41, 5.74) is 1.91. The van der Waals surface area contributed by atoms with Crippen LogP contribution in [0.2, 0.25) is 0 Å². The molecule has 1 aromatic rings. The summed E-state index contributed by atoms with van der Waals surface area (Å²) in [4.78, 5) is 24.1. The third kappa shape index (κ3) is 3.46. The largest absolute Gasteiger partial charge is 0.461 e. The van der Waals surface area contributed by atoms with Gasteiger partial charge in [0.2, 0.25) is 5.83 Å². The Morgan fingerprint density at radius 3 is 2.81 bits per heavy atom. The van der Waals surface area contributed by atoms with Gasteiger partial charge in [-0.3, -0.25) is 4.79 Å². The molecule has 0 heterocycles. The van der Waals surface area contributed by atoms with Crippen molar-refractivity contribution in [3.05, 3.63) is 46.8 Å². The molecule has 0 saturated heterocycles. The molecule has 0 amide bonds. The fourth-order valence-corrected chi connectivity index (χ4v) is 3.92. The quantitative estimate of drug-likeness (QED) is 0.582. The summed E-state index contributed by atoms with van der Waals surface area (Å²) >= 11 is 0. The van der Waals surface area contributed by atoms with Gasteiger partial charge in [0.05, 0.1) is 24.2 Å². The van der Waals surface area contributed by atoms with Gasteiger partial charge in [0.15, 0.2) is 0 Å². The molecule has 0 aromatic heterocycles. The topological polar surface area (TPSA) is 76.4 Å². The van der Waals surface area contributed by atoms with Gasteiger partial charge in [-0.1, -0.05) is 26.0 Å². The lowest BCUT2D eigenvalue weighted by atomic mass is 10.0. The molecule has 1 saturated carbocycles. The molecule has 0 bridgehead atoms. The van der Waals surface area contributed by atoms with Gasteiger partial charge in [-0.2, -0.15) is 9.65 Å². The molecule has 142 valence electrons. The second-order valence-electron chi connectivity index (χ2n) is 7.51. The van der Waals surface area contributed by atoms with Crippen molar-refractivity contribution < 1.29 is 23.5 Å². The van der Waals surface area contributed by atoms with Crippen LogP contribution in [0.5, 0.6) is 0 Å².